The molecule has 1 fully saturated rings. The van der Waals surface area contributed by atoms with Gasteiger partial charge >= 0.3 is 0 Å². The lowest BCUT2D eigenvalue weighted by Crippen LogP contribution is -2.46. The van der Waals surface area contributed by atoms with Gasteiger partial charge in [-0.05, 0) is 49.0 Å². The number of nitrogen functional groups attached to an aromatic ring is 1. The molecular formula is C23H25N5O3S. The first-order chi connectivity index (χ1) is 15.6. The standard InChI is InChI=1S/C23H25N5O3S/c1-2-27-9-11-28(12-10-27)17-6-4-16(5-7-17)25-23-26-22(24)21(32-23)20(29)15-3-8-18-19(13-15)31-14-30-18/h3-8,13H,2,9-12,14,24H2,1H3,(H,25,26). The van der Waals surface area contributed by atoms with Crippen LogP contribution in [0.15, 0.2) is 42.5 Å². The number of rotatable bonds is 6. The fourth-order valence-corrected chi connectivity index (χ4v) is 4.79. The minimum Gasteiger partial charge on any atom is -0.454 e. The molecule has 0 bridgehead atoms. The van der Waals surface area contributed by atoms with E-state index in [0.717, 1.165) is 38.4 Å². The van der Waals surface area contributed by atoms with Crippen LogP contribution in [0.2, 0.25) is 0 Å². The Morgan fingerprint density at radius 2 is 1.84 bits per heavy atom. The lowest BCUT2D eigenvalue weighted by atomic mass is 10.1. The first-order valence-corrected chi connectivity index (χ1v) is 11.5. The van der Waals surface area contributed by atoms with Gasteiger partial charge in [0.25, 0.3) is 0 Å². The van der Waals surface area contributed by atoms with Crippen molar-refractivity contribution in [2.45, 2.75) is 6.92 Å². The molecule has 3 heterocycles. The number of hydrogen-bond donors (Lipinski definition) is 2. The van der Waals surface area contributed by atoms with E-state index in [0.29, 0.717) is 27.1 Å². The van der Waals surface area contributed by atoms with E-state index in [2.05, 4.69) is 39.2 Å². The zero-order chi connectivity index (χ0) is 22.1. The smallest absolute Gasteiger partial charge is 0.231 e. The second kappa shape index (κ2) is 8.68. The Morgan fingerprint density at radius 3 is 2.59 bits per heavy atom. The Morgan fingerprint density at radius 1 is 1.09 bits per heavy atom. The highest BCUT2D eigenvalue weighted by atomic mass is 32.1. The normalized spacial score (nSPS) is 15.7. The molecule has 32 heavy (non-hydrogen) atoms. The molecule has 1 aromatic heterocycles. The number of carbonyl (C=O) groups is 1. The lowest BCUT2D eigenvalue weighted by Gasteiger charge is -2.35. The molecule has 0 amide bonds. The summed E-state index contributed by atoms with van der Waals surface area (Å²) in [5.41, 5.74) is 8.66. The summed E-state index contributed by atoms with van der Waals surface area (Å²) < 4.78 is 10.7. The summed E-state index contributed by atoms with van der Waals surface area (Å²) in [5, 5.41) is 3.84. The second-order valence-electron chi connectivity index (χ2n) is 7.72. The van der Waals surface area contributed by atoms with Crippen LogP contribution in [0.25, 0.3) is 0 Å². The van der Waals surface area contributed by atoms with E-state index in [-0.39, 0.29) is 18.4 Å². The van der Waals surface area contributed by atoms with Crippen LogP contribution >= 0.6 is 11.3 Å². The van der Waals surface area contributed by atoms with Gasteiger partial charge in [0.2, 0.25) is 12.6 Å². The summed E-state index contributed by atoms with van der Waals surface area (Å²) in [5.74, 6) is 1.23. The van der Waals surface area contributed by atoms with E-state index in [1.165, 1.54) is 17.0 Å². The number of fused-ring (bicyclic) bond motifs is 1. The van der Waals surface area contributed by atoms with Gasteiger partial charge in [0.05, 0.1) is 0 Å². The molecule has 3 N–H and O–H groups in total. The molecule has 0 spiro atoms. The van der Waals surface area contributed by atoms with Crippen LogP contribution in [0.1, 0.15) is 22.2 Å². The van der Waals surface area contributed by atoms with Crippen LogP contribution in [0.4, 0.5) is 22.3 Å². The molecule has 2 aromatic carbocycles. The fraction of sp³-hybridized carbons (Fsp3) is 0.304. The Bertz CT molecular complexity index is 1120. The number of thiazole rings is 1. The van der Waals surface area contributed by atoms with Gasteiger partial charge in [0.1, 0.15) is 10.7 Å². The van der Waals surface area contributed by atoms with E-state index in [1.54, 1.807) is 18.2 Å². The number of piperazine rings is 1. The van der Waals surface area contributed by atoms with Crippen LogP contribution in [-0.4, -0.2) is 55.2 Å². The first kappa shape index (κ1) is 20.6. The maximum Gasteiger partial charge on any atom is 0.231 e. The van der Waals surface area contributed by atoms with Gasteiger partial charge in [0.15, 0.2) is 16.6 Å². The number of nitrogens with one attached hydrogen (secondary N) is 1. The molecular weight excluding hydrogens is 426 g/mol. The number of nitrogens with zero attached hydrogens (tertiary/aromatic N) is 3. The zero-order valence-corrected chi connectivity index (χ0v) is 18.7. The lowest BCUT2D eigenvalue weighted by molar-refractivity contribution is 0.104. The number of ketones is 1. The van der Waals surface area contributed by atoms with E-state index >= 15 is 0 Å². The van der Waals surface area contributed by atoms with Crippen LogP contribution < -0.4 is 25.4 Å². The molecule has 166 valence electrons. The number of anilines is 4. The molecule has 0 radical (unpaired) electrons. The summed E-state index contributed by atoms with van der Waals surface area (Å²) in [4.78, 5) is 22.6. The maximum absolute atomic E-state index is 13.0. The number of hydrogen-bond acceptors (Lipinski definition) is 9. The van der Waals surface area contributed by atoms with Gasteiger partial charge in [-0.3, -0.25) is 4.79 Å². The van der Waals surface area contributed by atoms with Crippen LogP contribution in [0.3, 0.4) is 0 Å². The molecule has 0 unspecified atom stereocenters. The molecule has 5 rings (SSSR count). The largest absolute Gasteiger partial charge is 0.454 e. The zero-order valence-electron chi connectivity index (χ0n) is 17.8. The topological polar surface area (TPSA) is 93.0 Å². The van der Waals surface area contributed by atoms with Crippen molar-refractivity contribution in [3.8, 4) is 11.5 Å². The van der Waals surface area contributed by atoms with Crippen molar-refractivity contribution in [1.82, 2.24) is 9.88 Å². The molecule has 1 saturated heterocycles. The van der Waals surface area contributed by atoms with Crippen molar-refractivity contribution < 1.29 is 14.3 Å². The molecule has 0 saturated carbocycles. The average Bonchev–Trinajstić information content (AvgIpc) is 3.44. The Hall–Kier alpha value is -3.30. The minimum atomic E-state index is -0.187. The first-order valence-electron chi connectivity index (χ1n) is 10.7. The third kappa shape index (κ3) is 4.09. The second-order valence-corrected chi connectivity index (χ2v) is 8.72. The van der Waals surface area contributed by atoms with Crippen molar-refractivity contribution >= 4 is 39.4 Å². The number of benzene rings is 2. The highest BCUT2D eigenvalue weighted by Gasteiger charge is 2.22. The maximum atomic E-state index is 13.0. The van der Waals surface area contributed by atoms with E-state index < -0.39 is 0 Å². The summed E-state index contributed by atoms with van der Waals surface area (Å²) >= 11 is 1.24. The van der Waals surface area contributed by atoms with Crippen LogP contribution in [-0.2, 0) is 0 Å². The fourth-order valence-electron chi connectivity index (χ4n) is 3.92. The number of ether oxygens (including phenoxy) is 2. The van der Waals surface area contributed by atoms with Crippen molar-refractivity contribution in [2.24, 2.45) is 0 Å². The van der Waals surface area contributed by atoms with Gasteiger partial charge < -0.3 is 30.3 Å². The summed E-state index contributed by atoms with van der Waals surface area (Å²) in [6, 6.07) is 13.4. The van der Waals surface area contributed by atoms with Crippen LogP contribution in [0, 0.1) is 0 Å². The van der Waals surface area contributed by atoms with Gasteiger partial charge in [-0.25, -0.2) is 4.98 Å². The number of nitrogens with two attached hydrogens (primary N) is 1. The molecule has 0 aliphatic carbocycles. The van der Waals surface area contributed by atoms with Crippen molar-refractivity contribution in [2.75, 3.05) is 55.5 Å². The summed E-state index contributed by atoms with van der Waals surface area (Å²) in [7, 11) is 0. The molecule has 2 aliphatic heterocycles. The van der Waals surface area contributed by atoms with Gasteiger partial charge in [0, 0.05) is 43.1 Å². The van der Waals surface area contributed by atoms with Crippen LogP contribution in [0.5, 0.6) is 11.5 Å². The monoisotopic (exact) mass is 451 g/mol. The third-order valence-corrected chi connectivity index (χ3v) is 6.78. The Kier molecular flexibility index (Phi) is 5.59. The quantitative estimate of drug-likeness (QED) is 0.550. The number of carbonyl (C=O) groups excluding carboxylic acids is 1. The van der Waals surface area contributed by atoms with E-state index in [4.69, 9.17) is 15.2 Å². The average molecular weight is 452 g/mol. The van der Waals surface area contributed by atoms with Gasteiger partial charge in [-0.2, -0.15) is 0 Å². The molecule has 0 atom stereocenters. The SMILES string of the molecule is CCN1CCN(c2ccc(Nc3nc(N)c(C(=O)c4ccc5c(c4)OCO5)s3)cc2)CC1. The molecule has 3 aromatic rings. The van der Waals surface area contributed by atoms with Gasteiger partial charge in [-0.15, -0.1) is 0 Å². The van der Waals surface area contributed by atoms with Crippen molar-refractivity contribution in [3.63, 3.8) is 0 Å². The molecule has 2 aliphatic rings. The summed E-state index contributed by atoms with van der Waals surface area (Å²) in [6.07, 6.45) is 0. The highest BCUT2D eigenvalue weighted by molar-refractivity contribution is 7.18. The minimum absolute atomic E-state index is 0.164. The Balaban J connectivity index is 1.27. The van der Waals surface area contributed by atoms with E-state index in [1.807, 2.05) is 12.1 Å². The van der Waals surface area contributed by atoms with Crippen molar-refractivity contribution in [3.05, 3.63) is 52.9 Å². The summed E-state index contributed by atoms with van der Waals surface area (Å²) in [6.45, 7) is 7.73. The van der Waals surface area contributed by atoms with Gasteiger partial charge in [-0.1, -0.05) is 18.3 Å². The third-order valence-electron chi connectivity index (χ3n) is 5.80. The van der Waals surface area contributed by atoms with Crippen molar-refractivity contribution in [1.29, 1.82) is 0 Å². The molecule has 9 heteroatoms. The van der Waals surface area contributed by atoms with E-state index in [9.17, 15) is 4.79 Å². The predicted molar refractivity (Wildman–Crippen MR) is 127 cm³/mol. The predicted octanol–water partition coefficient (Wildman–Crippen LogP) is 3.57. The molecule has 8 nitrogen and oxygen atoms in total. The number of likely N-dealkylation sites (N-methyl/N-ethyl adjacent to an activating group) is 1. The number of aromatic nitrogens is 1. The highest BCUT2D eigenvalue weighted by Crippen LogP contribution is 2.35. The Labute approximate surface area is 190 Å².